The zero-order valence-electron chi connectivity index (χ0n) is 20.6. The van der Waals surface area contributed by atoms with Crippen molar-refractivity contribution >= 4 is 11.6 Å². The minimum Gasteiger partial charge on any atom is -0.382 e. The van der Waals surface area contributed by atoms with Gasteiger partial charge in [-0.1, -0.05) is 47.7 Å². The number of imidazole rings is 1. The molecule has 186 valence electrons. The van der Waals surface area contributed by atoms with Gasteiger partial charge in [0.1, 0.15) is 16.8 Å². The lowest BCUT2D eigenvalue weighted by Gasteiger charge is -2.42. The van der Waals surface area contributed by atoms with Crippen molar-refractivity contribution in [2.75, 3.05) is 0 Å². The van der Waals surface area contributed by atoms with Crippen LogP contribution in [0, 0.1) is 11.8 Å². The molecule has 3 unspecified atom stereocenters. The van der Waals surface area contributed by atoms with E-state index in [0.717, 1.165) is 0 Å². The molecule has 6 nitrogen and oxygen atoms in total. The quantitative estimate of drug-likeness (QED) is 0.321. The van der Waals surface area contributed by atoms with Gasteiger partial charge in [0.25, 0.3) is 0 Å². The van der Waals surface area contributed by atoms with Crippen LogP contribution in [0.4, 0.5) is 0 Å². The second kappa shape index (κ2) is 9.04. The van der Waals surface area contributed by atoms with Gasteiger partial charge in [0, 0.05) is 23.2 Å². The van der Waals surface area contributed by atoms with E-state index in [1.165, 1.54) is 24.4 Å². The fraction of sp³-hybridized carbons (Fsp3) is 0.276. The van der Waals surface area contributed by atoms with Crippen LogP contribution in [-0.2, 0) is 18.2 Å². The number of hydrogen-bond donors (Lipinski definition) is 4. The molecular formula is C29H29ClN2O4. The smallest absolute Gasteiger partial charge is 0.156 e. The van der Waals surface area contributed by atoms with Crippen molar-refractivity contribution in [3.05, 3.63) is 112 Å². The van der Waals surface area contributed by atoms with Gasteiger partial charge in [-0.2, -0.15) is 0 Å². The number of halogens is 1. The van der Waals surface area contributed by atoms with Crippen LogP contribution in [0.3, 0.4) is 0 Å². The molecule has 4 N–H and O–H groups in total. The summed E-state index contributed by atoms with van der Waals surface area (Å²) in [5.41, 5.74) is -4.20. The van der Waals surface area contributed by atoms with Crippen molar-refractivity contribution in [3.63, 3.8) is 0 Å². The van der Waals surface area contributed by atoms with Gasteiger partial charge in [-0.3, -0.25) is 0 Å². The van der Waals surface area contributed by atoms with E-state index >= 15 is 0 Å². The molecule has 0 spiro atoms. The van der Waals surface area contributed by atoms with Crippen molar-refractivity contribution in [2.45, 2.75) is 43.2 Å². The summed E-state index contributed by atoms with van der Waals surface area (Å²) in [5.74, 6) is 5.69. The number of aliphatic hydroxyl groups is 4. The summed E-state index contributed by atoms with van der Waals surface area (Å²) in [5, 5.41) is 46.0. The van der Waals surface area contributed by atoms with Gasteiger partial charge in [0.2, 0.25) is 0 Å². The third-order valence-corrected chi connectivity index (χ3v) is 6.50. The normalized spacial score (nSPS) is 23.4. The molecule has 0 saturated heterocycles. The van der Waals surface area contributed by atoms with Crippen LogP contribution >= 0.6 is 11.6 Å². The van der Waals surface area contributed by atoms with Gasteiger partial charge in [-0.25, -0.2) is 4.98 Å². The first-order valence-electron chi connectivity index (χ1n) is 11.4. The second-order valence-electron chi connectivity index (χ2n) is 9.86. The van der Waals surface area contributed by atoms with Crippen LogP contribution in [-0.4, -0.2) is 41.2 Å². The first-order chi connectivity index (χ1) is 16.7. The highest BCUT2D eigenvalue weighted by Gasteiger charge is 2.48. The van der Waals surface area contributed by atoms with E-state index in [4.69, 9.17) is 11.6 Å². The third kappa shape index (κ3) is 4.90. The monoisotopic (exact) mass is 504 g/mol. The number of benzene rings is 2. The average Bonchev–Trinajstić information content (AvgIpc) is 3.26. The Hall–Kier alpha value is -3.18. The Balaban J connectivity index is 1.92. The molecule has 1 heterocycles. The van der Waals surface area contributed by atoms with Crippen molar-refractivity contribution in [1.82, 2.24) is 9.55 Å². The first kappa shape index (κ1) is 25.9. The van der Waals surface area contributed by atoms with Gasteiger partial charge >= 0.3 is 0 Å². The highest BCUT2D eigenvalue weighted by molar-refractivity contribution is 6.30. The lowest BCUT2D eigenvalue weighted by molar-refractivity contribution is 0.0377. The van der Waals surface area contributed by atoms with Crippen molar-refractivity contribution in [2.24, 2.45) is 7.05 Å². The number of hydrogen-bond acceptors (Lipinski definition) is 5. The molecule has 0 aliphatic heterocycles. The van der Waals surface area contributed by atoms with Crippen LogP contribution in [0.5, 0.6) is 0 Å². The maximum atomic E-state index is 12.4. The van der Waals surface area contributed by atoms with E-state index in [-0.39, 0.29) is 5.57 Å². The molecule has 0 amide bonds. The average molecular weight is 505 g/mol. The van der Waals surface area contributed by atoms with E-state index in [1.54, 1.807) is 87.2 Å². The Morgan fingerprint density at radius 3 is 2.33 bits per heavy atom. The van der Waals surface area contributed by atoms with Gasteiger partial charge < -0.3 is 25.0 Å². The van der Waals surface area contributed by atoms with Crippen molar-refractivity contribution in [1.29, 1.82) is 0 Å². The van der Waals surface area contributed by atoms with Crippen molar-refractivity contribution < 1.29 is 20.4 Å². The minimum absolute atomic E-state index is 0.152. The second-order valence-corrected chi connectivity index (χ2v) is 10.3. The molecule has 1 aliphatic rings. The van der Waals surface area contributed by atoms with Crippen LogP contribution in [0.1, 0.15) is 43.2 Å². The summed E-state index contributed by atoms with van der Waals surface area (Å²) < 4.78 is 1.66. The number of rotatable bonds is 4. The molecular weight excluding hydrogens is 476 g/mol. The van der Waals surface area contributed by atoms with Gasteiger partial charge in [0.05, 0.1) is 18.2 Å². The Morgan fingerprint density at radius 2 is 1.72 bits per heavy atom. The third-order valence-electron chi connectivity index (χ3n) is 6.25. The summed E-state index contributed by atoms with van der Waals surface area (Å²) in [6.45, 7) is 4.74. The zero-order chi connectivity index (χ0) is 26.4. The molecule has 3 atom stereocenters. The summed E-state index contributed by atoms with van der Waals surface area (Å²) in [6.07, 6.45) is 7.51. The Bertz CT molecular complexity index is 1400. The van der Waals surface area contributed by atoms with Crippen LogP contribution in [0.2, 0.25) is 5.02 Å². The van der Waals surface area contributed by atoms with Gasteiger partial charge in [0.15, 0.2) is 5.60 Å². The lowest BCUT2D eigenvalue weighted by Crippen LogP contribution is -2.45. The molecule has 36 heavy (non-hydrogen) atoms. The highest BCUT2D eigenvalue weighted by Crippen LogP contribution is 2.47. The summed E-state index contributed by atoms with van der Waals surface area (Å²) in [4.78, 5) is 4.17. The molecule has 0 fully saturated rings. The molecule has 0 saturated carbocycles. The molecule has 1 aliphatic carbocycles. The van der Waals surface area contributed by atoms with E-state index in [2.05, 4.69) is 16.8 Å². The maximum absolute atomic E-state index is 12.4. The summed E-state index contributed by atoms with van der Waals surface area (Å²) >= 11 is 6.11. The number of aromatic nitrogens is 2. The molecule has 3 aromatic rings. The van der Waals surface area contributed by atoms with E-state index in [9.17, 15) is 20.4 Å². The fourth-order valence-electron chi connectivity index (χ4n) is 4.35. The predicted molar refractivity (Wildman–Crippen MR) is 139 cm³/mol. The maximum Gasteiger partial charge on any atom is 0.156 e. The van der Waals surface area contributed by atoms with E-state index in [0.29, 0.717) is 27.4 Å². The van der Waals surface area contributed by atoms with Gasteiger partial charge in [-0.05, 0) is 74.4 Å². The number of nitrogens with zero attached hydrogens (tertiary/aromatic N) is 2. The molecule has 2 aromatic carbocycles. The fourth-order valence-corrected chi connectivity index (χ4v) is 4.48. The zero-order valence-corrected chi connectivity index (χ0v) is 21.3. The van der Waals surface area contributed by atoms with E-state index < -0.39 is 22.4 Å². The van der Waals surface area contributed by atoms with Crippen LogP contribution in [0.15, 0.2) is 84.9 Å². The molecule has 1 aromatic heterocycles. The standard InChI is InChI=1S/C29H29ClN2O4/c1-26(2,33)13-12-20-6-5-7-22(16-20)28(35)15-14-27(3,34)24(17-28)29(36,25-18-31-19-32(25)4)21-8-10-23(30)11-9-21/h5-11,14-19,33-36H,1-4H3. The first-order valence-corrected chi connectivity index (χ1v) is 11.8. The van der Waals surface area contributed by atoms with Crippen molar-refractivity contribution in [3.8, 4) is 11.8 Å². The molecule has 0 bridgehead atoms. The van der Waals surface area contributed by atoms with Crippen LogP contribution in [0.25, 0.3) is 0 Å². The Kier molecular flexibility index (Phi) is 6.50. The molecule has 7 heteroatoms. The Morgan fingerprint density at radius 1 is 1.03 bits per heavy atom. The van der Waals surface area contributed by atoms with Gasteiger partial charge in [-0.15, -0.1) is 0 Å². The largest absolute Gasteiger partial charge is 0.382 e. The summed E-state index contributed by atoms with van der Waals surface area (Å²) in [6, 6.07) is 13.6. The van der Waals surface area contributed by atoms with E-state index in [1.807, 2.05) is 0 Å². The SMILES string of the molecule is Cn1cncc1C(O)(C1=CC(O)(c2cccc(C#CC(C)(C)O)c2)C=CC1(C)O)c1ccc(Cl)cc1. The Labute approximate surface area is 215 Å². The number of aryl methyl sites for hydroxylation is 1. The highest BCUT2D eigenvalue weighted by atomic mass is 35.5. The topological polar surface area (TPSA) is 98.7 Å². The molecule has 4 rings (SSSR count). The summed E-state index contributed by atoms with van der Waals surface area (Å²) in [7, 11) is 1.74. The van der Waals surface area contributed by atoms with Crippen LogP contribution < -0.4 is 0 Å². The minimum atomic E-state index is -1.85. The molecule has 0 radical (unpaired) electrons. The predicted octanol–water partition coefficient (Wildman–Crippen LogP) is 3.57. The lowest BCUT2D eigenvalue weighted by atomic mass is 9.70.